The Morgan fingerprint density at radius 2 is 2.15 bits per heavy atom. The van der Waals surface area contributed by atoms with Crippen molar-refractivity contribution in [3.63, 3.8) is 0 Å². The Morgan fingerprint density at radius 3 is 2.85 bits per heavy atom. The number of rotatable bonds is 6. The van der Waals surface area contributed by atoms with E-state index in [9.17, 15) is 9.18 Å². The van der Waals surface area contributed by atoms with Crippen LogP contribution in [0.5, 0.6) is 5.88 Å². The predicted octanol–water partition coefficient (Wildman–Crippen LogP) is 2.82. The predicted molar refractivity (Wildman–Crippen MR) is 97.8 cm³/mol. The van der Waals surface area contributed by atoms with E-state index in [-0.39, 0.29) is 23.7 Å². The summed E-state index contributed by atoms with van der Waals surface area (Å²) in [7, 11) is 3.94. The zero-order chi connectivity index (χ0) is 18.7. The summed E-state index contributed by atoms with van der Waals surface area (Å²) in [5, 5.41) is 3.01. The van der Waals surface area contributed by atoms with Crippen molar-refractivity contribution in [1.82, 2.24) is 15.2 Å². The molecule has 1 aliphatic carbocycles. The van der Waals surface area contributed by atoms with Gasteiger partial charge in [0.15, 0.2) is 0 Å². The number of pyridine rings is 1. The molecule has 6 heteroatoms. The monoisotopic (exact) mass is 357 g/mol. The van der Waals surface area contributed by atoms with Crippen LogP contribution in [0.25, 0.3) is 0 Å². The Bertz CT molecular complexity index is 777. The number of amides is 1. The van der Waals surface area contributed by atoms with Crippen molar-refractivity contribution < 1.29 is 13.9 Å². The van der Waals surface area contributed by atoms with Gasteiger partial charge in [0.1, 0.15) is 12.4 Å². The first-order valence-electron chi connectivity index (χ1n) is 8.77. The van der Waals surface area contributed by atoms with Gasteiger partial charge in [-0.1, -0.05) is 13.0 Å². The molecule has 1 aromatic heterocycles. The Balaban J connectivity index is 1.64. The van der Waals surface area contributed by atoms with Gasteiger partial charge in [0.25, 0.3) is 5.91 Å². The lowest BCUT2D eigenvalue weighted by atomic mass is 10.0. The summed E-state index contributed by atoms with van der Waals surface area (Å²) in [4.78, 5) is 18.8. The summed E-state index contributed by atoms with van der Waals surface area (Å²) < 4.78 is 19.1. The van der Waals surface area contributed by atoms with Crippen LogP contribution in [-0.4, -0.2) is 43.0 Å². The molecule has 26 heavy (non-hydrogen) atoms. The molecule has 1 heterocycles. The van der Waals surface area contributed by atoms with Gasteiger partial charge in [-0.25, -0.2) is 9.37 Å². The molecule has 138 valence electrons. The first-order chi connectivity index (χ1) is 12.4. The molecule has 1 amide bonds. The van der Waals surface area contributed by atoms with Crippen LogP contribution in [0, 0.1) is 11.7 Å². The van der Waals surface area contributed by atoms with Crippen LogP contribution in [-0.2, 0) is 6.42 Å². The minimum absolute atomic E-state index is 0.191. The van der Waals surface area contributed by atoms with Crippen LogP contribution >= 0.6 is 0 Å². The highest BCUT2D eigenvalue weighted by atomic mass is 19.1. The number of nitrogens with one attached hydrogen (secondary N) is 1. The van der Waals surface area contributed by atoms with Gasteiger partial charge >= 0.3 is 0 Å². The Morgan fingerprint density at radius 1 is 1.35 bits per heavy atom. The number of ether oxygens (including phenoxy) is 1. The summed E-state index contributed by atoms with van der Waals surface area (Å²) >= 11 is 0. The Hall–Kier alpha value is -2.47. The van der Waals surface area contributed by atoms with E-state index in [1.165, 1.54) is 18.3 Å². The van der Waals surface area contributed by atoms with E-state index in [4.69, 9.17) is 4.74 Å². The molecule has 0 saturated carbocycles. The van der Waals surface area contributed by atoms with Crippen molar-refractivity contribution in [1.29, 1.82) is 0 Å². The van der Waals surface area contributed by atoms with E-state index in [0.29, 0.717) is 18.1 Å². The Kier molecular flexibility index (Phi) is 5.52. The van der Waals surface area contributed by atoms with Gasteiger partial charge in [-0.2, -0.15) is 0 Å². The average Bonchev–Trinajstić information content (AvgIpc) is 2.90. The smallest absolute Gasteiger partial charge is 0.253 e. The maximum atomic E-state index is 13.6. The number of carbonyl (C=O) groups is 1. The van der Waals surface area contributed by atoms with Crippen LogP contribution in [0.3, 0.4) is 0 Å². The lowest BCUT2D eigenvalue weighted by Gasteiger charge is -2.19. The van der Waals surface area contributed by atoms with Gasteiger partial charge in [-0.3, -0.25) is 4.79 Å². The number of aromatic nitrogens is 1. The minimum atomic E-state index is -0.280. The quantitative estimate of drug-likeness (QED) is 0.864. The van der Waals surface area contributed by atoms with E-state index >= 15 is 0 Å². The number of nitrogens with zero attached hydrogens (tertiary/aromatic N) is 2. The molecule has 2 aromatic rings. The van der Waals surface area contributed by atoms with E-state index < -0.39 is 0 Å². The van der Waals surface area contributed by atoms with Crippen molar-refractivity contribution in [2.75, 3.05) is 27.2 Å². The number of likely N-dealkylation sites (N-methyl/N-ethyl adjacent to an activating group) is 1. The second-order valence-electron chi connectivity index (χ2n) is 7.01. The first-order valence-corrected chi connectivity index (χ1v) is 8.77. The number of benzene rings is 1. The zero-order valence-corrected chi connectivity index (χ0v) is 15.3. The normalized spacial score (nSPS) is 18.7. The van der Waals surface area contributed by atoms with E-state index in [0.717, 1.165) is 24.1 Å². The van der Waals surface area contributed by atoms with Gasteiger partial charge in [0.2, 0.25) is 5.88 Å². The molecule has 1 N–H and O–H groups in total. The molecule has 2 unspecified atom stereocenters. The number of halogens is 1. The highest BCUT2D eigenvalue weighted by Gasteiger charge is 2.31. The molecule has 5 nitrogen and oxygen atoms in total. The molecule has 0 radical (unpaired) electrons. The largest absolute Gasteiger partial charge is 0.476 e. The first kappa shape index (κ1) is 18.3. The molecule has 0 fully saturated rings. The van der Waals surface area contributed by atoms with Crippen LogP contribution < -0.4 is 10.1 Å². The van der Waals surface area contributed by atoms with E-state index in [1.54, 1.807) is 18.2 Å². The van der Waals surface area contributed by atoms with Crippen LogP contribution in [0.1, 0.15) is 34.5 Å². The summed E-state index contributed by atoms with van der Waals surface area (Å²) in [5.74, 6) is 0.215. The van der Waals surface area contributed by atoms with Crippen LogP contribution in [0.15, 0.2) is 36.5 Å². The van der Waals surface area contributed by atoms with E-state index in [2.05, 4.69) is 17.2 Å². The summed E-state index contributed by atoms with van der Waals surface area (Å²) in [6, 6.07) is 7.98. The SMILES string of the molecule is CC1Cc2ccc(F)cc2C1NC(=O)c1ccc(OCCN(C)C)nc1. The summed E-state index contributed by atoms with van der Waals surface area (Å²) in [5.41, 5.74) is 2.41. The van der Waals surface area contributed by atoms with Crippen LogP contribution in [0.2, 0.25) is 0 Å². The number of hydrogen-bond acceptors (Lipinski definition) is 4. The topological polar surface area (TPSA) is 54.5 Å². The average molecular weight is 357 g/mol. The fourth-order valence-electron chi connectivity index (χ4n) is 3.19. The lowest BCUT2D eigenvalue weighted by Crippen LogP contribution is -2.30. The molecule has 1 aliphatic rings. The third-order valence-electron chi connectivity index (χ3n) is 4.63. The molecule has 2 atom stereocenters. The second-order valence-corrected chi connectivity index (χ2v) is 7.01. The van der Waals surface area contributed by atoms with Gasteiger partial charge in [-0.05, 0) is 55.8 Å². The second kappa shape index (κ2) is 7.83. The van der Waals surface area contributed by atoms with E-state index in [1.807, 2.05) is 19.0 Å². The highest BCUT2D eigenvalue weighted by Crippen LogP contribution is 2.36. The molecule has 0 aliphatic heterocycles. The minimum Gasteiger partial charge on any atom is -0.476 e. The standard InChI is InChI=1S/C20H24FN3O2/c1-13-10-14-4-6-16(21)11-17(14)19(13)23-20(25)15-5-7-18(22-12-15)26-9-8-24(2)3/h4-7,11-13,19H,8-10H2,1-3H3,(H,23,25). The molecule has 1 aromatic carbocycles. The maximum Gasteiger partial charge on any atom is 0.253 e. The fourth-order valence-corrected chi connectivity index (χ4v) is 3.19. The third-order valence-corrected chi connectivity index (χ3v) is 4.63. The van der Waals surface area contributed by atoms with Crippen molar-refractivity contribution in [2.45, 2.75) is 19.4 Å². The third kappa shape index (κ3) is 4.19. The molecule has 3 rings (SSSR count). The van der Waals surface area contributed by atoms with Gasteiger partial charge < -0.3 is 15.0 Å². The van der Waals surface area contributed by atoms with Crippen LogP contribution in [0.4, 0.5) is 4.39 Å². The number of fused-ring (bicyclic) bond motifs is 1. The Labute approximate surface area is 153 Å². The molecule has 0 spiro atoms. The fraction of sp³-hybridized carbons (Fsp3) is 0.400. The highest BCUT2D eigenvalue weighted by molar-refractivity contribution is 5.94. The number of hydrogen-bond donors (Lipinski definition) is 1. The van der Waals surface area contributed by atoms with Crippen molar-refractivity contribution in [3.8, 4) is 5.88 Å². The lowest BCUT2D eigenvalue weighted by molar-refractivity contribution is 0.0926. The summed E-state index contributed by atoms with van der Waals surface area (Å²) in [6.45, 7) is 3.38. The van der Waals surface area contributed by atoms with Gasteiger partial charge in [-0.15, -0.1) is 0 Å². The summed E-state index contributed by atoms with van der Waals surface area (Å²) in [6.07, 6.45) is 2.34. The van der Waals surface area contributed by atoms with Crippen molar-refractivity contribution in [3.05, 3.63) is 59.0 Å². The molecular formula is C20H24FN3O2. The van der Waals surface area contributed by atoms with Gasteiger partial charge in [0.05, 0.1) is 11.6 Å². The maximum absolute atomic E-state index is 13.6. The van der Waals surface area contributed by atoms with Gasteiger partial charge in [0, 0.05) is 18.8 Å². The molecular weight excluding hydrogens is 333 g/mol. The number of carbonyl (C=O) groups excluding carboxylic acids is 1. The molecule has 0 bridgehead atoms. The van der Waals surface area contributed by atoms with Crippen molar-refractivity contribution >= 4 is 5.91 Å². The molecule has 0 saturated heterocycles. The van der Waals surface area contributed by atoms with Crippen molar-refractivity contribution in [2.24, 2.45) is 5.92 Å². The zero-order valence-electron chi connectivity index (χ0n) is 15.3.